The molecule has 0 radical (unpaired) electrons. The van der Waals surface area contributed by atoms with Crippen LogP contribution in [0.15, 0.2) is 24.4 Å². The second-order valence-corrected chi connectivity index (χ2v) is 5.93. The Balaban J connectivity index is 2.08. The van der Waals surface area contributed by atoms with E-state index in [-0.39, 0.29) is 0 Å². The van der Waals surface area contributed by atoms with Crippen LogP contribution in [-0.2, 0) is 7.05 Å². The van der Waals surface area contributed by atoms with Crippen molar-refractivity contribution in [3.63, 3.8) is 0 Å². The maximum atomic E-state index is 4.53. The largest absolute Gasteiger partial charge is 0.316 e. The fraction of sp³-hybridized carbons (Fsp3) is 0.471. The number of hydrogen-bond donors (Lipinski definition) is 1. The minimum absolute atomic E-state index is 0.575. The summed E-state index contributed by atoms with van der Waals surface area (Å²) in [7, 11) is 2.07. The number of nitrogens with one attached hydrogen (secondary N) is 1. The van der Waals surface area contributed by atoms with E-state index in [4.69, 9.17) is 0 Å². The van der Waals surface area contributed by atoms with Crippen LogP contribution in [0.2, 0.25) is 0 Å². The molecule has 1 aromatic carbocycles. The van der Waals surface area contributed by atoms with Crippen LogP contribution in [0, 0.1) is 13.8 Å². The van der Waals surface area contributed by atoms with E-state index in [1.165, 1.54) is 40.8 Å². The lowest BCUT2D eigenvalue weighted by molar-refractivity contribution is 0.442. The summed E-state index contributed by atoms with van der Waals surface area (Å²) in [5.41, 5.74) is 6.66. The Labute approximate surface area is 121 Å². The fourth-order valence-electron chi connectivity index (χ4n) is 3.25. The molecule has 0 saturated carbocycles. The van der Waals surface area contributed by atoms with E-state index < -0.39 is 0 Å². The zero-order chi connectivity index (χ0) is 14.1. The van der Waals surface area contributed by atoms with Crippen molar-refractivity contribution in [3.05, 3.63) is 41.2 Å². The zero-order valence-corrected chi connectivity index (χ0v) is 12.6. The summed E-state index contributed by atoms with van der Waals surface area (Å²) in [4.78, 5) is 0. The molecule has 3 rings (SSSR count). The topological polar surface area (TPSA) is 29.9 Å². The van der Waals surface area contributed by atoms with E-state index in [1.807, 2.05) is 6.20 Å². The van der Waals surface area contributed by atoms with Gasteiger partial charge < -0.3 is 5.32 Å². The lowest BCUT2D eigenvalue weighted by atomic mass is 9.89. The highest BCUT2D eigenvalue weighted by molar-refractivity contribution is 5.70. The van der Waals surface area contributed by atoms with Crippen LogP contribution in [0.3, 0.4) is 0 Å². The molecule has 1 fully saturated rings. The Bertz CT molecular complexity index is 607. The fourth-order valence-corrected chi connectivity index (χ4v) is 3.25. The van der Waals surface area contributed by atoms with Crippen LogP contribution < -0.4 is 5.32 Å². The molecule has 1 N–H and O–H groups in total. The third-order valence-corrected chi connectivity index (χ3v) is 4.35. The maximum absolute atomic E-state index is 4.53. The van der Waals surface area contributed by atoms with Crippen molar-refractivity contribution >= 4 is 0 Å². The number of piperidine rings is 1. The van der Waals surface area contributed by atoms with Crippen LogP contribution in [0.5, 0.6) is 0 Å². The van der Waals surface area contributed by atoms with E-state index in [2.05, 4.69) is 54.2 Å². The van der Waals surface area contributed by atoms with Gasteiger partial charge in [-0.05, 0) is 44.4 Å². The number of aromatic nitrogens is 2. The van der Waals surface area contributed by atoms with Crippen LogP contribution in [0.1, 0.15) is 35.6 Å². The normalized spacial score (nSPS) is 19.2. The Morgan fingerprint density at radius 1 is 1.25 bits per heavy atom. The molecular formula is C17H23N3. The number of hydrogen-bond acceptors (Lipinski definition) is 2. The predicted molar refractivity (Wildman–Crippen MR) is 83.0 cm³/mol. The Morgan fingerprint density at radius 2 is 2.10 bits per heavy atom. The van der Waals surface area contributed by atoms with Gasteiger partial charge in [-0.25, -0.2) is 0 Å². The predicted octanol–water partition coefficient (Wildman–Crippen LogP) is 3.17. The molecule has 1 saturated heterocycles. The number of benzene rings is 1. The second kappa shape index (κ2) is 5.41. The second-order valence-electron chi connectivity index (χ2n) is 5.93. The third-order valence-electron chi connectivity index (χ3n) is 4.35. The third kappa shape index (κ3) is 2.38. The first-order valence-corrected chi connectivity index (χ1v) is 7.47. The average Bonchev–Trinajstić information content (AvgIpc) is 2.84. The van der Waals surface area contributed by atoms with Crippen molar-refractivity contribution in [3.8, 4) is 11.1 Å². The van der Waals surface area contributed by atoms with Gasteiger partial charge in [0.05, 0.1) is 11.9 Å². The molecule has 1 unspecified atom stereocenters. The molecule has 1 aliphatic heterocycles. The van der Waals surface area contributed by atoms with Gasteiger partial charge in [-0.3, -0.25) is 4.68 Å². The van der Waals surface area contributed by atoms with Gasteiger partial charge >= 0.3 is 0 Å². The van der Waals surface area contributed by atoms with Gasteiger partial charge in [0.1, 0.15) is 0 Å². The molecule has 20 heavy (non-hydrogen) atoms. The van der Waals surface area contributed by atoms with Crippen molar-refractivity contribution in [2.45, 2.75) is 32.6 Å². The van der Waals surface area contributed by atoms with Crippen LogP contribution in [0.4, 0.5) is 0 Å². The summed E-state index contributed by atoms with van der Waals surface area (Å²) in [5.74, 6) is 0.575. The van der Waals surface area contributed by atoms with Crippen LogP contribution in [0.25, 0.3) is 11.1 Å². The monoisotopic (exact) mass is 269 g/mol. The van der Waals surface area contributed by atoms with Crippen molar-refractivity contribution in [2.24, 2.45) is 7.05 Å². The van der Waals surface area contributed by atoms with Crippen LogP contribution >= 0.6 is 0 Å². The van der Waals surface area contributed by atoms with Gasteiger partial charge in [0.2, 0.25) is 0 Å². The van der Waals surface area contributed by atoms with Gasteiger partial charge in [-0.15, -0.1) is 0 Å². The first-order valence-electron chi connectivity index (χ1n) is 7.47. The number of aryl methyl sites for hydroxylation is 3. The molecular weight excluding hydrogens is 246 g/mol. The standard InChI is InChI=1S/C17H23N3/c1-12-6-7-13(2)15(9-12)16-11-19-20(3)17(16)14-5-4-8-18-10-14/h6-7,9,11,14,18H,4-5,8,10H2,1-3H3. The molecule has 0 aliphatic carbocycles. The molecule has 0 amide bonds. The molecule has 2 aromatic rings. The van der Waals surface area contributed by atoms with Gasteiger partial charge in [0, 0.05) is 25.1 Å². The molecule has 106 valence electrons. The molecule has 1 aromatic heterocycles. The van der Waals surface area contributed by atoms with Crippen molar-refractivity contribution in [2.75, 3.05) is 13.1 Å². The number of rotatable bonds is 2. The Kier molecular flexibility index (Phi) is 3.62. The minimum Gasteiger partial charge on any atom is -0.316 e. The summed E-state index contributed by atoms with van der Waals surface area (Å²) in [5, 5.41) is 8.04. The Hall–Kier alpha value is -1.61. The van der Waals surface area contributed by atoms with Gasteiger partial charge in [0.25, 0.3) is 0 Å². The van der Waals surface area contributed by atoms with Crippen molar-refractivity contribution < 1.29 is 0 Å². The number of nitrogens with zero attached hydrogens (tertiary/aromatic N) is 2. The van der Waals surface area contributed by atoms with E-state index in [1.54, 1.807) is 0 Å². The molecule has 2 heterocycles. The lowest BCUT2D eigenvalue weighted by Gasteiger charge is -2.24. The van der Waals surface area contributed by atoms with E-state index >= 15 is 0 Å². The van der Waals surface area contributed by atoms with Crippen molar-refractivity contribution in [1.82, 2.24) is 15.1 Å². The highest BCUT2D eigenvalue weighted by atomic mass is 15.3. The average molecular weight is 269 g/mol. The summed E-state index contributed by atoms with van der Waals surface area (Å²) in [6.45, 7) is 6.55. The van der Waals surface area contributed by atoms with Crippen molar-refractivity contribution in [1.29, 1.82) is 0 Å². The molecule has 3 nitrogen and oxygen atoms in total. The van der Waals surface area contributed by atoms with E-state index in [9.17, 15) is 0 Å². The smallest absolute Gasteiger partial charge is 0.0571 e. The summed E-state index contributed by atoms with van der Waals surface area (Å²) < 4.78 is 2.06. The first-order chi connectivity index (χ1) is 9.66. The molecule has 0 spiro atoms. The first kappa shape index (κ1) is 13.4. The zero-order valence-electron chi connectivity index (χ0n) is 12.6. The summed E-state index contributed by atoms with van der Waals surface area (Å²) in [6, 6.07) is 6.67. The molecule has 1 aliphatic rings. The summed E-state index contributed by atoms with van der Waals surface area (Å²) in [6.07, 6.45) is 4.54. The van der Waals surface area contributed by atoms with Crippen LogP contribution in [-0.4, -0.2) is 22.9 Å². The lowest BCUT2D eigenvalue weighted by Crippen LogP contribution is -2.29. The highest BCUT2D eigenvalue weighted by Crippen LogP contribution is 2.34. The SMILES string of the molecule is Cc1ccc(C)c(-c2cnn(C)c2C2CCCNC2)c1. The highest BCUT2D eigenvalue weighted by Gasteiger charge is 2.23. The minimum atomic E-state index is 0.575. The van der Waals surface area contributed by atoms with Gasteiger partial charge in [-0.1, -0.05) is 23.8 Å². The molecule has 1 atom stereocenters. The molecule has 0 bridgehead atoms. The molecule has 3 heteroatoms. The summed E-state index contributed by atoms with van der Waals surface area (Å²) >= 11 is 0. The van der Waals surface area contributed by atoms with E-state index in [0.29, 0.717) is 5.92 Å². The quantitative estimate of drug-likeness (QED) is 0.907. The van der Waals surface area contributed by atoms with E-state index in [0.717, 1.165) is 13.1 Å². The Morgan fingerprint density at radius 3 is 2.85 bits per heavy atom. The van der Waals surface area contributed by atoms with Gasteiger partial charge in [0.15, 0.2) is 0 Å². The maximum Gasteiger partial charge on any atom is 0.0571 e. The van der Waals surface area contributed by atoms with Gasteiger partial charge in [-0.2, -0.15) is 5.10 Å².